The van der Waals surface area contributed by atoms with E-state index in [9.17, 15) is 0 Å². The summed E-state index contributed by atoms with van der Waals surface area (Å²) in [5.74, 6) is 0.621. The van der Waals surface area contributed by atoms with E-state index in [1.807, 2.05) is 17.1 Å². The van der Waals surface area contributed by atoms with Gasteiger partial charge < -0.3 is 5.32 Å². The molecule has 1 N–H and O–H groups in total. The van der Waals surface area contributed by atoms with Gasteiger partial charge in [-0.05, 0) is 25.8 Å². The van der Waals surface area contributed by atoms with Crippen molar-refractivity contribution in [3.63, 3.8) is 0 Å². The van der Waals surface area contributed by atoms with E-state index >= 15 is 0 Å². The topological polar surface area (TPSA) is 47.7 Å². The van der Waals surface area contributed by atoms with Crippen LogP contribution in [0.25, 0.3) is 0 Å². The Hall–Kier alpha value is -1.62. The number of nitrogens with zero attached hydrogens (tertiary/aromatic N) is 4. The van der Waals surface area contributed by atoms with Crippen LogP contribution in [-0.4, -0.2) is 19.6 Å². The lowest BCUT2D eigenvalue weighted by molar-refractivity contribution is 0.482. The van der Waals surface area contributed by atoms with Crippen LogP contribution in [0.5, 0.6) is 0 Å². The molecule has 0 saturated heterocycles. The van der Waals surface area contributed by atoms with E-state index in [0.717, 1.165) is 19.6 Å². The molecule has 0 radical (unpaired) electrons. The number of hydrogen-bond donors (Lipinski definition) is 1. The van der Waals surface area contributed by atoms with Gasteiger partial charge in [-0.25, -0.2) is 0 Å². The van der Waals surface area contributed by atoms with Gasteiger partial charge in [-0.15, -0.1) is 0 Å². The van der Waals surface area contributed by atoms with Gasteiger partial charge in [0.15, 0.2) is 0 Å². The van der Waals surface area contributed by atoms with Crippen molar-refractivity contribution in [3.8, 4) is 0 Å². The second-order valence-electron chi connectivity index (χ2n) is 5.93. The predicted octanol–water partition coefficient (Wildman–Crippen LogP) is 2.61. The van der Waals surface area contributed by atoms with E-state index in [1.54, 1.807) is 0 Å². The largest absolute Gasteiger partial charge is 0.307 e. The zero-order chi connectivity index (χ0) is 14.5. The molecule has 0 aromatic carbocycles. The van der Waals surface area contributed by atoms with Crippen molar-refractivity contribution in [3.05, 3.63) is 35.9 Å². The maximum Gasteiger partial charge on any atom is 0.0534 e. The Morgan fingerprint density at radius 1 is 1.15 bits per heavy atom. The third-order valence-corrected chi connectivity index (χ3v) is 3.12. The molecule has 2 heterocycles. The molecule has 0 spiro atoms. The molecule has 2 rings (SSSR count). The summed E-state index contributed by atoms with van der Waals surface area (Å²) in [5.41, 5.74) is 2.44. The molecule has 0 saturated carbocycles. The first kappa shape index (κ1) is 14.8. The highest BCUT2D eigenvalue weighted by molar-refractivity contribution is 5.05. The summed E-state index contributed by atoms with van der Waals surface area (Å²) in [6.07, 6.45) is 5.92. The van der Waals surface area contributed by atoms with Gasteiger partial charge in [-0.2, -0.15) is 10.2 Å². The van der Waals surface area contributed by atoms with Crippen molar-refractivity contribution in [2.75, 3.05) is 0 Å². The molecule has 20 heavy (non-hydrogen) atoms. The van der Waals surface area contributed by atoms with Gasteiger partial charge in [0.2, 0.25) is 0 Å². The Kier molecular flexibility index (Phi) is 4.95. The van der Waals surface area contributed by atoms with E-state index in [1.165, 1.54) is 11.3 Å². The average molecular weight is 275 g/mol. The minimum atomic E-state index is 0.399. The fourth-order valence-electron chi connectivity index (χ4n) is 2.25. The third-order valence-electron chi connectivity index (χ3n) is 3.12. The molecule has 0 amide bonds. The molecule has 0 aliphatic carbocycles. The zero-order valence-electron chi connectivity index (χ0n) is 12.9. The number of rotatable bonds is 7. The Bertz CT molecular complexity index is 524. The standard InChI is InChI=1S/C15H25N5/c1-12(2)10-19-11-14(8-18-19)7-16-9-15-5-6-17-20(15)13(3)4/h5-6,8,11-13,16H,7,9-10H2,1-4H3. The lowest BCUT2D eigenvalue weighted by Gasteiger charge is -2.11. The minimum absolute atomic E-state index is 0.399. The first-order valence-corrected chi connectivity index (χ1v) is 7.30. The molecule has 0 unspecified atom stereocenters. The number of hydrogen-bond acceptors (Lipinski definition) is 3. The Labute approximate surface area is 121 Å². The highest BCUT2D eigenvalue weighted by Gasteiger charge is 2.06. The van der Waals surface area contributed by atoms with Crippen LogP contribution in [0.3, 0.4) is 0 Å². The van der Waals surface area contributed by atoms with Crippen LogP contribution in [0.2, 0.25) is 0 Å². The Balaban J connectivity index is 1.83. The van der Waals surface area contributed by atoms with Crippen molar-refractivity contribution in [1.82, 2.24) is 24.9 Å². The van der Waals surface area contributed by atoms with Crippen molar-refractivity contribution in [2.45, 2.75) is 53.4 Å². The molecule has 0 aliphatic heterocycles. The molecule has 5 heteroatoms. The van der Waals surface area contributed by atoms with Gasteiger partial charge in [-0.3, -0.25) is 9.36 Å². The quantitative estimate of drug-likeness (QED) is 0.845. The summed E-state index contributed by atoms with van der Waals surface area (Å²) < 4.78 is 4.06. The molecule has 110 valence electrons. The van der Waals surface area contributed by atoms with E-state index in [-0.39, 0.29) is 0 Å². The van der Waals surface area contributed by atoms with Crippen molar-refractivity contribution < 1.29 is 0 Å². The first-order chi connectivity index (χ1) is 9.56. The summed E-state index contributed by atoms with van der Waals surface area (Å²) in [4.78, 5) is 0. The Morgan fingerprint density at radius 2 is 1.95 bits per heavy atom. The minimum Gasteiger partial charge on any atom is -0.307 e. The summed E-state index contributed by atoms with van der Waals surface area (Å²) in [5, 5.41) is 12.2. The molecule has 0 fully saturated rings. The van der Waals surface area contributed by atoms with Gasteiger partial charge in [-0.1, -0.05) is 13.8 Å². The normalized spacial score (nSPS) is 11.7. The zero-order valence-corrected chi connectivity index (χ0v) is 12.9. The van der Waals surface area contributed by atoms with Crippen LogP contribution in [-0.2, 0) is 19.6 Å². The molecule has 2 aromatic heterocycles. The maximum atomic E-state index is 4.38. The summed E-state index contributed by atoms with van der Waals surface area (Å²) >= 11 is 0. The van der Waals surface area contributed by atoms with Gasteiger partial charge in [0.1, 0.15) is 0 Å². The van der Waals surface area contributed by atoms with Crippen LogP contribution >= 0.6 is 0 Å². The molecule has 0 bridgehead atoms. The molecule has 0 atom stereocenters. The van der Waals surface area contributed by atoms with Gasteiger partial charge in [0, 0.05) is 43.6 Å². The van der Waals surface area contributed by atoms with E-state index in [4.69, 9.17) is 0 Å². The summed E-state index contributed by atoms with van der Waals surface area (Å²) in [6.45, 7) is 11.3. The first-order valence-electron chi connectivity index (χ1n) is 7.30. The monoisotopic (exact) mass is 275 g/mol. The molecular formula is C15H25N5. The van der Waals surface area contributed by atoms with E-state index in [0.29, 0.717) is 12.0 Å². The van der Waals surface area contributed by atoms with Crippen LogP contribution in [0.4, 0.5) is 0 Å². The lowest BCUT2D eigenvalue weighted by Crippen LogP contribution is -2.17. The summed E-state index contributed by atoms with van der Waals surface area (Å²) in [6, 6.07) is 2.46. The fourth-order valence-corrected chi connectivity index (χ4v) is 2.25. The van der Waals surface area contributed by atoms with Crippen LogP contribution in [0.15, 0.2) is 24.7 Å². The lowest BCUT2D eigenvalue weighted by atomic mass is 10.2. The average Bonchev–Trinajstić information content (AvgIpc) is 2.98. The third kappa shape index (κ3) is 3.93. The highest BCUT2D eigenvalue weighted by Crippen LogP contribution is 2.08. The van der Waals surface area contributed by atoms with Crippen LogP contribution in [0, 0.1) is 5.92 Å². The molecule has 5 nitrogen and oxygen atoms in total. The van der Waals surface area contributed by atoms with E-state index in [2.05, 4.69) is 60.2 Å². The fraction of sp³-hybridized carbons (Fsp3) is 0.600. The highest BCUT2D eigenvalue weighted by atomic mass is 15.3. The molecular weight excluding hydrogens is 250 g/mol. The van der Waals surface area contributed by atoms with E-state index < -0.39 is 0 Å². The van der Waals surface area contributed by atoms with Crippen molar-refractivity contribution in [2.24, 2.45) is 5.92 Å². The SMILES string of the molecule is CC(C)Cn1cc(CNCc2ccnn2C(C)C)cn1. The molecule has 2 aromatic rings. The van der Waals surface area contributed by atoms with Gasteiger partial charge in [0.05, 0.1) is 11.9 Å². The smallest absolute Gasteiger partial charge is 0.0534 e. The Morgan fingerprint density at radius 3 is 2.65 bits per heavy atom. The van der Waals surface area contributed by atoms with Gasteiger partial charge >= 0.3 is 0 Å². The van der Waals surface area contributed by atoms with Crippen LogP contribution in [0.1, 0.15) is 45.0 Å². The van der Waals surface area contributed by atoms with Crippen molar-refractivity contribution >= 4 is 0 Å². The summed E-state index contributed by atoms with van der Waals surface area (Å²) in [7, 11) is 0. The maximum absolute atomic E-state index is 4.38. The van der Waals surface area contributed by atoms with Gasteiger partial charge in [0.25, 0.3) is 0 Å². The number of aromatic nitrogens is 4. The second kappa shape index (κ2) is 6.70. The van der Waals surface area contributed by atoms with Crippen molar-refractivity contribution in [1.29, 1.82) is 0 Å². The van der Waals surface area contributed by atoms with Crippen LogP contribution < -0.4 is 5.32 Å². The number of nitrogens with one attached hydrogen (secondary N) is 1. The predicted molar refractivity (Wildman–Crippen MR) is 80.2 cm³/mol. The second-order valence-corrected chi connectivity index (χ2v) is 5.93. The molecule has 0 aliphatic rings.